The number of methoxy groups -OCH3 is 1. The molecule has 0 unspecified atom stereocenters. The van der Waals surface area contributed by atoms with Gasteiger partial charge in [-0.3, -0.25) is 0 Å². The molecule has 0 amide bonds. The number of ether oxygens (including phenoxy) is 1. The van der Waals surface area contributed by atoms with E-state index in [1.54, 1.807) is 6.07 Å². The third-order valence-electron chi connectivity index (χ3n) is 4.83. The highest BCUT2D eigenvalue weighted by Crippen LogP contribution is 2.34. The molecule has 0 aromatic heterocycles. The zero-order chi connectivity index (χ0) is 16.3. The Kier molecular flexibility index (Phi) is 5.74. The Hall–Kier alpha value is -1.22. The molecule has 0 N–H and O–H groups in total. The second kappa shape index (κ2) is 7.36. The highest BCUT2D eigenvalue weighted by molar-refractivity contribution is 6.31. The van der Waals surface area contributed by atoms with Crippen LogP contribution in [0.2, 0.25) is 5.02 Å². The fraction of sp³-hybridized carbons (Fsp3) is 0.611. The van der Waals surface area contributed by atoms with Crippen molar-refractivity contribution in [3.63, 3.8) is 0 Å². The number of carbonyl (C=O) groups is 1. The number of halogens is 1. The number of hydrogen-bond donors (Lipinski definition) is 0. The number of carbonyl (C=O) groups excluding carboxylic acids is 1. The van der Waals surface area contributed by atoms with Crippen molar-refractivity contribution in [2.75, 3.05) is 18.6 Å². The zero-order valence-electron chi connectivity index (χ0n) is 14.0. The highest BCUT2D eigenvalue weighted by atomic mass is 35.5. The van der Waals surface area contributed by atoms with E-state index in [1.807, 2.05) is 13.0 Å². The lowest BCUT2D eigenvalue weighted by atomic mass is 9.86. The third-order valence-corrected chi connectivity index (χ3v) is 5.04. The molecule has 1 aliphatic rings. The first-order valence-corrected chi connectivity index (χ1v) is 8.50. The quantitative estimate of drug-likeness (QED) is 0.742. The molecule has 3 nitrogen and oxygen atoms in total. The molecule has 0 bridgehead atoms. The Morgan fingerprint density at radius 1 is 1.32 bits per heavy atom. The van der Waals surface area contributed by atoms with Crippen LogP contribution >= 0.6 is 11.6 Å². The number of nitrogens with zero attached hydrogens (tertiary/aromatic N) is 1. The second-order valence-corrected chi connectivity index (χ2v) is 6.73. The van der Waals surface area contributed by atoms with E-state index in [0.29, 0.717) is 16.6 Å². The van der Waals surface area contributed by atoms with Crippen LogP contribution in [0.15, 0.2) is 12.1 Å². The predicted molar refractivity (Wildman–Crippen MR) is 92.0 cm³/mol. The summed E-state index contributed by atoms with van der Waals surface area (Å²) < 4.78 is 4.88. The Balaban J connectivity index is 2.36. The Labute approximate surface area is 138 Å². The van der Waals surface area contributed by atoms with Crippen molar-refractivity contribution in [1.29, 1.82) is 0 Å². The van der Waals surface area contributed by atoms with Crippen LogP contribution in [0, 0.1) is 12.8 Å². The summed E-state index contributed by atoms with van der Waals surface area (Å²) in [7, 11) is 1.41. The van der Waals surface area contributed by atoms with Gasteiger partial charge >= 0.3 is 5.97 Å². The fourth-order valence-corrected chi connectivity index (χ4v) is 3.68. The van der Waals surface area contributed by atoms with Gasteiger partial charge in [-0.1, -0.05) is 18.5 Å². The van der Waals surface area contributed by atoms with Gasteiger partial charge in [0.1, 0.15) is 0 Å². The summed E-state index contributed by atoms with van der Waals surface area (Å²) in [6, 6.07) is 4.21. The molecule has 22 heavy (non-hydrogen) atoms. The smallest absolute Gasteiger partial charge is 0.338 e. The summed E-state index contributed by atoms with van der Waals surface area (Å²) >= 11 is 6.25. The van der Waals surface area contributed by atoms with Gasteiger partial charge in [0.05, 0.1) is 12.7 Å². The van der Waals surface area contributed by atoms with Crippen LogP contribution in [0.1, 0.15) is 55.5 Å². The highest BCUT2D eigenvalue weighted by Gasteiger charge is 2.26. The lowest BCUT2D eigenvalue weighted by molar-refractivity contribution is 0.0600. The van der Waals surface area contributed by atoms with E-state index in [-0.39, 0.29) is 5.97 Å². The van der Waals surface area contributed by atoms with Crippen molar-refractivity contribution < 1.29 is 9.53 Å². The SMILES string of the molecule is CCN(c1cc(Cl)cc(C(=O)OC)c1C)C1CCC(C)CC1. The Bertz CT molecular complexity index is 536. The van der Waals surface area contributed by atoms with Gasteiger partial charge in [-0.2, -0.15) is 0 Å². The summed E-state index contributed by atoms with van der Waals surface area (Å²) in [5.41, 5.74) is 2.58. The molecule has 0 atom stereocenters. The van der Waals surface area contributed by atoms with Crippen molar-refractivity contribution in [2.24, 2.45) is 5.92 Å². The minimum Gasteiger partial charge on any atom is -0.465 e. The van der Waals surface area contributed by atoms with E-state index in [9.17, 15) is 4.79 Å². The maximum Gasteiger partial charge on any atom is 0.338 e. The van der Waals surface area contributed by atoms with Crippen molar-refractivity contribution in [3.8, 4) is 0 Å². The normalized spacial score (nSPS) is 21.5. The van der Waals surface area contributed by atoms with Crippen LogP contribution in [0.3, 0.4) is 0 Å². The summed E-state index contributed by atoms with van der Waals surface area (Å²) in [6.45, 7) is 7.38. The van der Waals surface area contributed by atoms with E-state index in [0.717, 1.165) is 23.7 Å². The zero-order valence-corrected chi connectivity index (χ0v) is 14.7. The van der Waals surface area contributed by atoms with Crippen molar-refractivity contribution in [2.45, 2.75) is 52.5 Å². The molecule has 1 fully saturated rings. The van der Waals surface area contributed by atoms with Crippen molar-refractivity contribution in [3.05, 3.63) is 28.3 Å². The summed E-state index contributed by atoms with van der Waals surface area (Å²) in [5.74, 6) is 0.496. The minimum absolute atomic E-state index is 0.324. The minimum atomic E-state index is -0.324. The largest absolute Gasteiger partial charge is 0.465 e. The van der Waals surface area contributed by atoms with E-state index >= 15 is 0 Å². The van der Waals surface area contributed by atoms with Gasteiger partial charge in [0.25, 0.3) is 0 Å². The standard InChI is InChI=1S/C18H26ClNO2/c1-5-20(15-8-6-12(2)7-9-15)17-11-14(19)10-16(13(17)3)18(21)22-4/h10-12,15H,5-9H2,1-4H3. The van der Waals surface area contributed by atoms with Crippen molar-refractivity contribution >= 4 is 23.3 Å². The first-order valence-electron chi connectivity index (χ1n) is 8.13. The van der Waals surface area contributed by atoms with E-state index in [2.05, 4.69) is 18.7 Å². The molecule has 0 spiro atoms. The predicted octanol–water partition coefficient (Wildman–Crippen LogP) is 4.84. The topological polar surface area (TPSA) is 29.5 Å². The van der Waals surface area contributed by atoms with Crippen LogP contribution in [-0.4, -0.2) is 25.7 Å². The van der Waals surface area contributed by atoms with Gasteiger partial charge in [-0.05, 0) is 63.1 Å². The van der Waals surface area contributed by atoms with Gasteiger partial charge in [-0.15, -0.1) is 0 Å². The molecule has 1 aromatic rings. The van der Waals surface area contributed by atoms with Crippen LogP contribution in [0.5, 0.6) is 0 Å². The third kappa shape index (κ3) is 3.57. The molecule has 4 heteroatoms. The lowest BCUT2D eigenvalue weighted by Gasteiger charge is -2.38. The molecular weight excluding hydrogens is 298 g/mol. The molecule has 1 saturated carbocycles. The molecular formula is C18H26ClNO2. The lowest BCUT2D eigenvalue weighted by Crippen LogP contribution is -2.38. The Morgan fingerprint density at radius 2 is 1.95 bits per heavy atom. The maximum atomic E-state index is 12.0. The molecule has 0 radical (unpaired) electrons. The van der Waals surface area contributed by atoms with Crippen LogP contribution < -0.4 is 4.90 Å². The van der Waals surface area contributed by atoms with E-state index in [4.69, 9.17) is 16.3 Å². The van der Waals surface area contributed by atoms with E-state index in [1.165, 1.54) is 32.8 Å². The molecule has 1 aliphatic carbocycles. The average molecular weight is 324 g/mol. The molecule has 122 valence electrons. The van der Waals surface area contributed by atoms with Crippen LogP contribution in [0.25, 0.3) is 0 Å². The second-order valence-electron chi connectivity index (χ2n) is 6.29. The maximum absolute atomic E-state index is 12.0. The summed E-state index contributed by atoms with van der Waals surface area (Å²) in [4.78, 5) is 14.4. The first-order chi connectivity index (χ1) is 10.5. The van der Waals surface area contributed by atoms with Crippen LogP contribution in [-0.2, 0) is 4.74 Å². The Morgan fingerprint density at radius 3 is 2.50 bits per heavy atom. The van der Waals surface area contributed by atoms with Crippen molar-refractivity contribution in [1.82, 2.24) is 0 Å². The van der Waals surface area contributed by atoms with Gasteiger partial charge < -0.3 is 9.64 Å². The summed E-state index contributed by atoms with van der Waals surface area (Å²) in [6.07, 6.45) is 4.94. The van der Waals surface area contributed by atoms with Crippen LogP contribution in [0.4, 0.5) is 5.69 Å². The van der Waals surface area contributed by atoms with Gasteiger partial charge in [0.15, 0.2) is 0 Å². The molecule has 0 heterocycles. The van der Waals surface area contributed by atoms with Gasteiger partial charge in [-0.25, -0.2) is 4.79 Å². The molecule has 0 saturated heterocycles. The van der Waals surface area contributed by atoms with Gasteiger partial charge in [0, 0.05) is 23.3 Å². The van der Waals surface area contributed by atoms with Gasteiger partial charge in [0.2, 0.25) is 0 Å². The molecule has 0 aliphatic heterocycles. The monoisotopic (exact) mass is 323 g/mol. The average Bonchev–Trinajstić information content (AvgIpc) is 2.52. The molecule has 1 aromatic carbocycles. The first kappa shape index (κ1) is 17.1. The molecule has 2 rings (SSSR count). The van der Waals surface area contributed by atoms with E-state index < -0.39 is 0 Å². The fourth-order valence-electron chi connectivity index (χ4n) is 3.46. The number of esters is 1. The number of benzene rings is 1. The number of anilines is 1. The summed E-state index contributed by atoms with van der Waals surface area (Å²) in [5, 5.41) is 0.587. The number of rotatable bonds is 4. The number of hydrogen-bond acceptors (Lipinski definition) is 3.